The highest BCUT2D eigenvalue weighted by molar-refractivity contribution is 6.21. The van der Waals surface area contributed by atoms with Crippen LogP contribution in [0.3, 0.4) is 0 Å². The zero-order valence-electron chi connectivity index (χ0n) is 10.0. The lowest BCUT2D eigenvalue weighted by molar-refractivity contribution is 0.374. The molecule has 15 heavy (non-hydrogen) atoms. The van der Waals surface area contributed by atoms with E-state index in [1.165, 1.54) is 5.56 Å². The average molecular weight is 226 g/mol. The zero-order valence-corrected chi connectivity index (χ0v) is 10.8. The van der Waals surface area contributed by atoms with Gasteiger partial charge in [0, 0.05) is 17.3 Å². The minimum Gasteiger partial charge on any atom is -0.261 e. The van der Waals surface area contributed by atoms with Crippen LogP contribution in [0.4, 0.5) is 0 Å². The topological polar surface area (TPSA) is 12.9 Å². The predicted molar refractivity (Wildman–Crippen MR) is 66.4 cm³/mol. The van der Waals surface area contributed by atoms with Crippen molar-refractivity contribution in [3.63, 3.8) is 0 Å². The molecule has 0 aliphatic rings. The number of pyridine rings is 1. The van der Waals surface area contributed by atoms with Crippen molar-refractivity contribution in [1.82, 2.24) is 4.98 Å². The molecule has 1 unspecified atom stereocenters. The van der Waals surface area contributed by atoms with Crippen LogP contribution in [-0.2, 0) is 6.42 Å². The lowest BCUT2D eigenvalue weighted by Gasteiger charge is -2.24. The molecule has 0 aliphatic carbocycles. The van der Waals surface area contributed by atoms with Gasteiger partial charge in [0.25, 0.3) is 0 Å². The van der Waals surface area contributed by atoms with Gasteiger partial charge in [0.05, 0.1) is 0 Å². The highest BCUT2D eigenvalue weighted by Gasteiger charge is 2.21. The quantitative estimate of drug-likeness (QED) is 0.710. The third kappa shape index (κ3) is 4.21. The first-order chi connectivity index (χ1) is 6.89. The molecule has 0 aliphatic heterocycles. The lowest BCUT2D eigenvalue weighted by Crippen LogP contribution is -2.21. The molecule has 0 radical (unpaired) electrons. The molecule has 0 fully saturated rings. The van der Waals surface area contributed by atoms with E-state index < -0.39 is 0 Å². The molecular formula is C13H20ClN. The van der Waals surface area contributed by atoms with Gasteiger partial charge < -0.3 is 0 Å². The highest BCUT2D eigenvalue weighted by Crippen LogP contribution is 2.27. The summed E-state index contributed by atoms with van der Waals surface area (Å²) >= 11 is 6.32. The molecule has 1 aromatic rings. The van der Waals surface area contributed by atoms with E-state index in [0.717, 1.165) is 18.5 Å². The van der Waals surface area contributed by atoms with Gasteiger partial charge in [0.15, 0.2) is 0 Å². The summed E-state index contributed by atoms with van der Waals surface area (Å²) in [5.74, 6) is 0. The van der Waals surface area contributed by atoms with Crippen LogP contribution < -0.4 is 0 Å². The molecule has 1 heterocycles. The van der Waals surface area contributed by atoms with Gasteiger partial charge in [-0.05, 0) is 36.8 Å². The van der Waals surface area contributed by atoms with E-state index in [0.29, 0.717) is 0 Å². The number of nitrogens with zero attached hydrogens (tertiary/aromatic N) is 1. The van der Waals surface area contributed by atoms with Gasteiger partial charge in [0.2, 0.25) is 0 Å². The molecule has 0 saturated carbocycles. The molecule has 2 heteroatoms. The van der Waals surface area contributed by atoms with Crippen LogP contribution in [0.5, 0.6) is 0 Å². The molecule has 84 valence electrons. The summed E-state index contributed by atoms with van der Waals surface area (Å²) in [7, 11) is 0. The van der Waals surface area contributed by atoms with E-state index in [9.17, 15) is 0 Å². The van der Waals surface area contributed by atoms with Crippen molar-refractivity contribution in [2.24, 2.45) is 5.41 Å². The first kappa shape index (κ1) is 12.5. The maximum atomic E-state index is 6.32. The molecule has 1 atom stereocenters. The number of aryl methyl sites for hydroxylation is 2. The van der Waals surface area contributed by atoms with Gasteiger partial charge in [0.1, 0.15) is 0 Å². The van der Waals surface area contributed by atoms with Gasteiger partial charge >= 0.3 is 0 Å². The Morgan fingerprint density at radius 2 is 2.00 bits per heavy atom. The normalized spacial score (nSPS) is 13.9. The van der Waals surface area contributed by atoms with Crippen molar-refractivity contribution in [3.05, 3.63) is 29.6 Å². The monoisotopic (exact) mass is 225 g/mol. The molecule has 0 amide bonds. The fraction of sp³-hybridized carbons (Fsp3) is 0.615. The highest BCUT2D eigenvalue weighted by atomic mass is 35.5. The minimum atomic E-state index is 0.180. The first-order valence-electron chi connectivity index (χ1n) is 5.45. The SMILES string of the molecule is Cc1ccc(CCC(Cl)C(C)(C)C)cn1. The summed E-state index contributed by atoms with van der Waals surface area (Å²) in [6.45, 7) is 8.54. The van der Waals surface area contributed by atoms with Gasteiger partial charge in [-0.1, -0.05) is 26.8 Å². The van der Waals surface area contributed by atoms with Crippen LogP contribution >= 0.6 is 11.6 Å². The second kappa shape index (κ2) is 4.98. The van der Waals surface area contributed by atoms with Crippen LogP contribution in [0.25, 0.3) is 0 Å². The molecule has 1 rings (SSSR count). The summed E-state index contributed by atoms with van der Waals surface area (Å²) in [5, 5.41) is 0.221. The third-order valence-electron chi connectivity index (χ3n) is 2.60. The fourth-order valence-electron chi connectivity index (χ4n) is 1.37. The molecule has 0 saturated heterocycles. The second-order valence-corrected chi connectivity index (χ2v) is 5.71. The smallest absolute Gasteiger partial charge is 0.0387 e. The van der Waals surface area contributed by atoms with Crippen molar-refractivity contribution in [3.8, 4) is 0 Å². The summed E-state index contributed by atoms with van der Waals surface area (Å²) in [6, 6.07) is 4.18. The largest absolute Gasteiger partial charge is 0.261 e. The molecule has 0 aromatic carbocycles. The lowest BCUT2D eigenvalue weighted by atomic mass is 9.88. The number of hydrogen-bond acceptors (Lipinski definition) is 1. The van der Waals surface area contributed by atoms with Gasteiger partial charge in [-0.3, -0.25) is 4.98 Å². The van der Waals surface area contributed by atoms with E-state index in [-0.39, 0.29) is 10.8 Å². The number of rotatable bonds is 3. The van der Waals surface area contributed by atoms with Crippen molar-refractivity contribution in [1.29, 1.82) is 0 Å². The summed E-state index contributed by atoms with van der Waals surface area (Å²) in [5.41, 5.74) is 2.52. The van der Waals surface area contributed by atoms with Crippen molar-refractivity contribution in [2.45, 2.75) is 45.9 Å². The Bertz CT molecular complexity index is 297. The van der Waals surface area contributed by atoms with E-state index in [1.807, 2.05) is 13.1 Å². The first-order valence-corrected chi connectivity index (χ1v) is 5.89. The van der Waals surface area contributed by atoms with E-state index in [2.05, 4.69) is 37.9 Å². The maximum absolute atomic E-state index is 6.32. The number of alkyl halides is 1. The number of hydrogen-bond donors (Lipinski definition) is 0. The van der Waals surface area contributed by atoms with Gasteiger partial charge in [-0.2, -0.15) is 0 Å². The standard InChI is InChI=1S/C13H20ClN/c1-10-5-6-11(9-15-10)7-8-12(14)13(2,3)4/h5-6,9,12H,7-8H2,1-4H3. The van der Waals surface area contributed by atoms with Crippen LogP contribution in [0.2, 0.25) is 0 Å². The van der Waals surface area contributed by atoms with Crippen molar-refractivity contribution < 1.29 is 0 Å². The van der Waals surface area contributed by atoms with Gasteiger partial charge in [-0.25, -0.2) is 0 Å². The fourth-order valence-corrected chi connectivity index (χ4v) is 1.48. The molecule has 0 bridgehead atoms. The second-order valence-electron chi connectivity index (χ2n) is 5.18. The molecular weight excluding hydrogens is 206 g/mol. The van der Waals surface area contributed by atoms with E-state index in [4.69, 9.17) is 11.6 Å². The third-order valence-corrected chi connectivity index (χ3v) is 3.47. The summed E-state index contributed by atoms with van der Waals surface area (Å²) in [6.07, 6.45) is 3.97. The van der Waals surface area contributed by atoms with Crippen molar-refractivity contribution in [2.75, 3.05) is 0 Å². The Morgan fingerprint density at radius 3 is 2.47 bits per heavy atom. The van der Waals surface area contributed by atoms with E-state index in [1.54, 1.807) is 0 Å². The Kier molecular flexibility index (Phi) is 4.15. The Morgan fingerprint density at radius 1 is 1.33 bits per heavy atom. The van der Waals surface area contributed by atoms with Gasteiger partial charge in [-0.15, -0.1) is 11.6 Å². The molecule has 1 aromatic heterocycles. The van der Waals surface area contributed by atoms with Crippen LogP contribution in [0.15, 0.2) is 18.3 Å². The summed E-state index contributed by atoms with van der Waals surface area (Å²) < 4.78 is 0. The average Bonchev–Trinajstić information content (AvgIpc) is 2.15. The predicted octanol–water partition coefficient (Wildman–Crippen LogP) is 3.98. The Hall–Kier alpha value is -0.560. The zero-order chi connectivity index (χ0) is 11.5. The number of aromatic nitrogens is 1. The van der Waals surface area contributed by atoms with Crippen LogP contribution in [-0.4, -0.2) is 10.4 Å². The maximum Gasteiger partial charge on any atom is 0.0387 e. The Balaban J connectivity index is 2.47. The number of halogens is 1. The van der Waals surface area contributed by atoms with E-state index >= 15 is 0 Å². The Labute approximate surface area is 97.9 Å². The molecule has 0 N–H and O–H groups in total. The van der Waals surface area contributed by atoms with Crippen molar-refractivity contribution >= 4 is 11.6 Å². The minimum absolute atomic E-state index is 0.180. The van der Waals surface area contributed by atoms with Crippen LogP contribution in [0, 0.1) is 12.3 Å². The summed E-state index contributed by atoms with van der Waals surface area (Å²) in [4.78, 5) is 4.28. The van der Waals surface area contributed by atoms with Crippen LogP contribution in [0.1, 0.15) is 38.4 Å². The molecule has 0 spiro atoms. The molecule has 1 nitrogen and oxygen atoms in total.